The topological polar surface area (TPSA) is 9.23 Å². The van der Waals surface area contributed by atoms with E-state index < -0.39 is 0 Å². The molecule has 0 N–H and O–H groups in total. The van der Waals surface area contributed by atoms with E-state index in [-0.39, 0.29) is 0 Å². The van der Waals surface area contributed by atoms with E-state index in [0.717, 1.165) is 18.8 Å². The molecule has 0 aliphatic rings. The maximum Gasteiger partial charge on any atom is 0.119 e. The molecule has 0 unspecified atom stereocenters. The molecule has 0 atom stereocenters. The number of hydrogen-bond donors (Lipinski definition) is 0. The first kappa shape index (κ1) is 18.8. The third kappa shape index (κ3) is 3.99. The Bertz CT molecular complexity index is 1090. The highest BCUT2D eigenvalue weighted by molar-refractivity contribution is 6.17. The zero-order chi connectivity index (χ0) is 19.3. The van der Waals surface area contributed by atoms with Gasteiger partial charge in [0.2, 0.25) is 0 Å². The molecule has 0 radical (unpaired) electrons. The average molecular weight is 371 g/mol. The summed E-state index contributed by atoms with van der Waals surface area (Å²) >= 11 is 0. The van der Waals surface area contributed by atoms with Crippen LogP contribution in [0.1, 0.15) is 51.0 Å². The molecule has 0 bridgehead atoms. The summed E-state index contributed by atoms with van der Waals surface area (Å²) in [6.45, 7) is 5.23. The van der Waals surface area contributed by atoms with Crippen molar-refractivity contribution in [3.63, 3.8) is 0 Å². The van der Waals surface area contributed by atoms with Crippen molar-refractivity contribution in [2.45, 2.75) is 52.4 Å². The van der Waals surface area contributed by atoms with Gasteiger partial charge in [0, 0.05) is 0 Å². The molecular formula is C27H30O. The normalized spacial score (nSPS) is 11.5. The fraction of sp³-hybridized carbons (Fsp3) is 0.333. The van der Waals surface area contributed by atoms with Crippen LogP contribution in [0.15, 0.2) is 60.7 Å². The Morgan fingerprint density at radius 2 is 1.21 bits per heavy atom. The van der Waals surface area contributed by atoms with E-state index in [4.69, 9.17) is 4.74 Å². The Morgan fingerprint density at radius 1 is 0.607 bits per heavy atom. The SMILES string of the molecule is CCCCCCCCOc1ccc2ccc3c4cc(C)ccc4ccc3c2c1. The first-order valence-corrected chi connectivity index (χ1v) is 10.7. The van der Waals surface area contributed by atoms with Crippen molar-refractivity contribution >= 4 is 32.3 Å². The van der Waals surface area contributed by atoms with Crippen LogP contribution < -0.4 is 4.74 Å². The fourth-order valence-corrected chi connectivity index (χ4v) is 4.12. The van der Waals surface area contributed by atoms with E-state index in [1.165, 1.54) is 70.0 Å². The summed E-state index contributed by atoms with van der Waals surface area (Å²) in [5.74, 6) is 0.984. The van der Waals surface area contributed by atoms with Gasteiger partial charge in [-0.25, -0.2) is 0 Å². The van der Waals surface area contributed by atoms with Gasteiger partial charge in [0.1, 0.15) is 5.75 Å². The molecule has 0 amide bonds. The number of fused-ring (bicyclic) bond motifs is 5. The van der Waals surface area contributed by atoms with Crippen molar-refractivity contribution < 1.29 is 4.74 Å². The lowest BCUT2D eigenvalue weighted by Crippen LogP contribution is -1.97. The molecular weight excluding hydrogens is 340 g/mol. The van der Waals surface area contributed by atoms with E-state index in [1.54, 1.807) is 0 Å². The van der Waals surface area contributed by atoms with Crippen LogP contribution in [0.4, 0.5) is 0 Å². The molecule has 144 valence electrons. The van der Waals surface area contributed by atoms with Crippen molar-refractivity contribution in [3.8, 4) is 5.75 Å². The van der Waals surface area contributed by atoms with Crippen LogP contribution in [-0.4, -0.2) is 6.61 Å². The van der Waals surface area contributed by atoms with E-state index in [9.17, 15) is 0 Å². The molecule has 0 fully saturated rings. The highest BCUT2D eigenvalue weighted by Gasteiger charge is 2.06. The van der Waals surface area contributed by atoms with Crippen LogP contribution in [0.25, 0.3) is 32.3 Å². The zero-order valence-corrected chi connectivity index (χ0v) is 17.1. The second kappa shape index (κ2) is 8.65. The largest absolute Gasteiger partial charge is 0.494 e. The van der Waals surface area contributed by atoms with Gasteiger partial charge in [-0.1, -0.05) is 93.1 Å². The summed E-state index contributed by atoms with van der Waals surface area (Å²) in [6.07, 6.45) is 7.74. The lowest BCUT2D eigenvalue weighted by molar-refractivity contribution is 0.305. The van der Waals surface area contributed by atoms with Gasteiger partial charge in [0.05, 0.1) is 6.61 Å². The number of ether oxygens (including phenoxy) is 1. The second-order valence-corrected chi connectivity index (χ2v) is 7.95. The number of unbranched alkanes of at least 4 members (excludes halogenated alkanes) is 5. The van der Waals surface area contributed by atoms with Crippen molar-refractivity contribution in [1.82, 2.24) is 0 Å². The molecule has 28 heavy (non-hydrogen) atoms. The lowest BCUT2D eigenvalue weighted by atomic mass is 9.96. The first-order valence-electron chi connectivity index (χ1n) is 10.7. The van der Waals surface area contributed by atoms with Gasteiger partial charge in [0.25, 0.3) is 0 Å². The Hall–Kier alpha value is -2.54. The summed E-state index contributed by atoms with van der Waals surface area (Å²) < 4.78 is 6.08. The lowest BCUT2D eigenvalue weighted by Gasteiger charge is -2.11. The van der Waals surface area contributed by atoms with Crippen LogP contribution in [0.5, 0.6) is 5.75 Å². The molecule has 4 aromatic rings. The third-order valence-corrected chi connectivity index (χ3v) is 5.73. The van der Waals surface area contributed by atoms with Crippen LogP contribution >= 0.6 is 0 Å². The molecule has 1 nitrogen and oxygen atoms in total. The Morgan fingerprint density at radius 3 is 1.96 bits per heavy atom. The maximum atomic E-state index is 6.08. The highest BCUT2D eigenvalue weighted by Crippen LogP contribution is 2.33. The molecule has 4 aromatic carbocycles. The molecule has 0 saturated heterocycles. The van der Waals surface area contributed by atoms with Crippen molar-refractivity contribution in [1.29, 1.82) is 0 Å². The summed E-state index contributed by atoms with van der Waals surface area (Å²) in [5.41, 5.74) is 1.30. The van der Waals surface area contributed by atoms with Gasteiger partial charge in [0.15, 0.2) is 0 Å². The van der Waals surface area contributed by atoms with Gasteiger partial charge in [-0.15, -0.1) is 0 Å². The Labute approximate surface area is 168 Å². The average Bonchev–Trinajstić information content (AvgIpc) is 2.72. The van der Waals surface area contributed by atoms with Crippen molar-refractivity contribution in [2.75, 3.05) is 6.61 Å². The van der Waals surface area contributed by atoms with Crippen LogP contribution in [0.2, 0.25) is 0 Å². The fourth-order valence-electron chi connectivity index (χ4n) is 4.12. The van der Waals surface area contributed by atoms with Gasteiger partial charge in [-0.2, -0.15) is 0 Å². The minimum atomic E-state index is 0.810. The summed E-state index contributed by atoms with van der Waals surface area (Å²) in [4.78, 5) is 0. The third-order valence-electron chi connectivity index (χ3n) is 5.73. The van der Waals surface area contributed by atoms with Gasteiger partial charge >= 0.3 is 0 Å². The van der Waals surface area contributed by atoms with E-state index in [0.29, 0.717) is 0 Å². The predicted molar refractivity (Wildman–Crippen MR) is 123 cm³/mol. The molecule has 0 spiro atoms. The van der Waals surface area contributed by atoms with E-state index in [2.05, 4.69) is 74.5 Å². The summed E-state index contributed by atoms with van der Waals surface area (Å²) in [5, 5.41) is 7.81. The Balaban J connectivity index is 1.58. The smallest absolute Gasteiger partial charge is 0.119 e. The van der Waals surface area contributed by atoms with Crippen molar-refractivity contribution in [3.05, 3.63) is 66.2 Å². The molecule has 4 rings (SSSR count). The van der Waals surface area contributed by atoms with Crippen LogP contribution in [-0.2, 0) is 0 Å². The Kier molecular flexibility index (Phi) is 5.81. The minimum absolute atomic E-state index is 0.810. The molecule has 0 aliphatic carbocycles. The predicted octanol–water partition coefficient (Wildman–Crippen LogP) is 8.19. The molecule has 0 aromatic heterocycles. The van der Waals surface area contributed by atoms with E-state index in [1.807, 2.05) is 0 Å². The van der Waals surface area contributed by atoms with Gasteiger partial charge in [-0.05, 0) is 57.8 Å². The summed E-state index contributed by atoms with van der Waals surface area (Å²) in [6, 6.07) is 22.2. The molecule has 0 saturated carbocycles. The highest BCUT2D eigenvalue weighted by atomic mass is 16.5. The van der Waals surface area contributed by atoms with Gasteiger partial charge in [-0.3, -0.25) is 0 Å². The van der Waals surface area contributed by atoms with Crippen LogP contribution in [0.3, 0.4) is 0 Å². The van der Waals surface area contributed by atoms with E-state index >= 15 is 0 Å². The second-order valence-electron chi connectivity index (χ2n) is 7.95. The summed E-state index contributed by atoms with van der Waals surface area (Å²) in [7, 11) is 0. The number of rotatable bonds is 8. The minimum Gasteiger partial charge on any atom is -0.494 e. The zero-order valence-electron chi connectivity index (χ0n) is 17.1. The number of hydrogen-bond acceptors (Lipinski definition) is 1. The monoisotopic (exact) mass is 370 g/mol. The quantitative estimate of drug-likeness (QED) is 0.224. The number of aryl methyl sites for hydroxylation is 1. The first-order chi connectivity index (χ1) is 13.8. The number of benzene rings is 4. The van der Waals surface area contributed by atoms with Crippen molar-refractivity contribution in [2.24, 2.45) is 0 Å². The maximum absolute atomic E-state index is 6.08. The standard InChI is InChI=1S/C27H30O/c1-3-4-5-6-7-8-17-28-23-14-11-22-13-15-24-25(27(22)19-23)16-12-21-10-9-20(2)18-26(21)24/h9-16,18-19H,3-8,17H2,1-2H3. The molecule has 0 aliphatic heterocycles. The molecule has 0 heterocycles. The van der Waals surface area contributed by atoms with Crippen LogP contribution in [0, 0.1) is 6.92 Å². The molecule has 1 heteroatoms. The van der Waals surface area contributed by atoms with Gasteiger partial charge < -0.3 is 4.74 Å².